The summed E-state index contributed by atoms with van der Waals surface area (Å²) in [5.74, 6) is 1.79. The molecule has 4 nitrogen and oxygen atoms in total. The molecule has 0 atom stereocenters. The molecule has 0 radical (unpaired) electrons. The normalized spacial score (nSPS) is 13.7. The number of hydrogen-bond donors (Lipinski definition) is 0. The summed E-state index contributed by atoms with van der Waals surface area (Å²) in [6.07, 6.45) is 4.97. The summed E-state index contributed by atoms with van der Waals surface area (Å²) in [5, 5.41) is 0. The zero-order chi connectivity index (χ0) is 34.5. The SMILES string of the molecule is c1ccc(-c2nc(-c3ccc4c(c3)C(c3ccccc3)(c3ccccc3)c3c-4ccc4c3CCCc3ccccc3-4)nc(-c3ccccn3)n2)cc1. The molecule has 2 aliphatic carbocycles. The third-order valence-electron chi connectivity index (χ3n) is 10.8. The second kappa shape index (κ2) is 12.4. The maximum absolute atomic E-state index is 5.12. The van der Waals surface area contributed by atoms with Crippen molar-refractivity contribution in [2.45, 2.75) is 24.7 Å². The average Bonchev–Trinajstić information content (AvgIpc) is 3.39. The molecule has 52 heavy (non-hydrogen) atoms. The number of hydrogen-bond acceptors (Lipinski definition) is 4. The quantitative estimate of drug-likeness (QED) is 0.183. The summed E-state index contributed by atoms with van der Waals surface area (Å²) in [7, 11) is 0. The molecule has 8 aromatic rings. The Balaban J connectivity index is 1.27. The predicted octanol–water partition coefficient (Wildman–Crippen LogP) is 10.8. The van der Waals surface area contributed by atoms with Crippen molar-refractivity contribution in [1.29, 1.82) is 0 Å². The minimum atomic E-state index is -0.563. The molecule has 2 aliphatic rings. The summed E-state index contributed by atoms with van der Waals surface area (Å²) >= 11 is 0. The highest BCUT2D eigenvalue weighted by molar-refractivity contribution is 5.92. The van der Waals surface area contributed by atoms with Gasteiger partial charge in [-0.2, -0.15) is 0 Å². The van der Waals surface area contributed by atoms with Crippen molar-refractivity contribution in [1.82, 2.24) is 19.9 Å². The van der Waals surface area contributed by atoms with E-state index in [-0.39, 0.29) is 0 Å². The van der Waals surface area contributed by atoms with E-state index in [0.717, 1.165) is 30.4 Å². The van der Waals surface area contributed by atoms with Gasteiger partial charge in [-0.15, -0.1) is 0 Å². The molecule has 0 saturated carbocycles. The van der Waals surface area contributed by atoms with Crippen molar-refractivity contribution in [2.75, 3.05) is 0 Å². The lowest BCUT2D eigenvalue weighted by molar-refractivity contribution is 0.741. The lowest BCUT2D eigenvalue weighted by Crippen LogP contribution is -2.30. The van der Waals surface area contributed by atoms with Crippen molar-refractivity contribution in [3.63, 3.8) is 0 Å². The number of nitrogens with zero attached hydrogens (tertiary/aromatic N) is 4. The summed E-state index contributed by atoms with van der Waals surface area (Å²) in [5.41, 5.74) is 15.3. The number of rotatable bonds is 5. The van der Waals surface area contributed by atoms with Crippen LogP contribution in [-0.2, 0) is 18.3 Å². The van der Waals surface area contributed by atoms with E-state index >= 15 is 0 Å². The van der Waals surface area contributed by atoms with E-state index in [0.29, 0.717) is 23.2 Å². The first-order valence-corrected chi connectivity index (χ1v) is 18.0. The van der Waals surface area contributed by atoms with E-state index in [9.17, 15) is 0 Å². The van der Waals surface area contributed by atoms with Crippen LogP contribution in [0.5, 0.6) is 0 Å². The van der Waals surface area contributed by atoms with Crippen LogP contribution in [0.25, 0.3) is 56.5 Å². The molecule has 0 spiro atoms. The van der Waals surface area contributed by atoms with Crippen LogP contribution in [0.15, 0.2) is 170 Å². The molecule has 0 amide bonds. The van der Waals surface area contributed by atoms with Crippen LogP contribution in [0.2, 0.25) is 0 Å². The lowest BCUT2D eigenvalue weighted by atomic mass is 9.65. The first-order valence-electron chi connectivity index (χ1n) is 18.0. The molecule has 0 unspecified atom stereocenters. The third-order valence-corrected chi connectivity index (χ3v) is 10.8. The van der Waals surface area contributed by atoms with Gasteiger partial charge in [0, 0.05) is 17.3 Å². The smallest absolute Gasteiger partial charge is 0.182 e. The number of benzene rings is 6. The molecule has 2 heterocycles. The predicted molar refractivity (Wildman–Crippen MR) is 209 cm³/mol. The number of aromatic nitrogens is 4. The van der Waals surface area contributed by atoms with Crippen molar-refractivity contribution in [3.8, 4) is 56.5 Å². The minimum Gasteiger partial charge on any atom is -0.253 e. The van der Waals surface area contributed by atoms with Crippen LogP contribution in [0, 0.1) is 0 Å². The van der Waals surface area contributed by atoms with Crippen LogP contribution >= 0.6 is 0 Å². The second-order valence-corrected chi connectivity index (χ2v) is 13.7. The van der Waals surface area contributed by atoms with Gasteiger partial charge >= 0.3 is 0 Å². The Bertz CT molecular complexity index is 2490. The van der Waals surface area contributed by atoms with Gasteiger partial charge in [-0.25, -0.2) is 15.0 Å². The van der Waals surface area contributed by atoms with Crippen LogP contribution < -0.4 is 0 Å². The molecule has 0 bridgehead atoms. The highest BCUT2D eigenvalue weighted by Crippen LogP contribution is 2.59. The van der Waals surface area contributed by atoms with Crippen LogP contribution in [0.4, 0.5) is 0 Å². The maximum Gasteiger partial charge on any atom is 0.182 e. The van der Waals surface area contributed by atoms with Crippen LogP contribution in [-0.4, -0.2) is 19.9 Å². The fourth-order valence-corrected chi connectivity index (χ4v) is 8.61. The standard InChI is InChI=1S/C48H34N4/c1-4-16-33(17-5-1)45-50-46(52-47(51-45)43-25-12-13-30-49-43)34-26-27-39-41-29-28-38-37-23-11-10-15-32(37)18-14-24-40(38)44(41)48(42(39)31-34,35-19-6-2-7-20-35)36-21-8-3-9-22-36/h1-13,15-17,19-23,25-31H,14,18,24H2. The van der Waals surface area contributed by atoms with Crippen molar-refractivity contribution >= 4 is 0 Å². The summed E-state index contributed by atoms with van der Waals surface area (Å²) < 4.78 is 0. The summed E-state index contributed by atoms with van der Waals surface area (Å²) in [6.45, 7) is 0. The molecular weight excluding hydrogens is 633 g/mol. The number of fused-ring (bicyclic) bond motifs is 7. The topological polar surface area (TPSA) is 51.6 Å². The van der Waals surface area contributed by atoms with E-state index in [1.807, 2.05) is 48.5 Å². The Morgan fingerprint density at radius 3 is 1.79 bits per heavy atom. The molecule has 246 valence electrons. The molecule has 0 N–H and O–H groups in total. The van der Waals surface area contributed by atoms with Gasteiger partial charge in [-0.3, -0.25) is 4.98 Å². The first kappa shape index (κ1) is 30.3. The van der Waals surface area contributed by atoms with Crippen LogP contribution in [0.3, 0.4) is 0 Å². The Morgan fingerprint density at radius 1 is 0.442 bits per heavy atom. The van der Waals surface area contributed by atoms with E-state index in [1.165, 1.54) is 55.6 Å². The van der Waals surface area contributed by atoms with Gasteiger partial charge < -0.3 is 0 Å². The van der Waals surface area contributed by atoms with E-state index in [4.69, 9.17) is 15.0 Å². The Morgan fingerprint density at radius 2 is 1.06 bits per heavy atom. The molecule has 0 fully saturated rings. The highest BCUT2D eigenvalue weighted by Gasteiger charge is 2.48. The van der Waals surface area contributed by atoms with E-state index < -0.39 is 5.41 Å². The number of pyridine rings is 1. The average molecular weight is 667 g/mol. The second-order valence-electron chi connectivity index (χ2n) is 13.7. The van der Waals surface area contributed by atoms with E-state index in [1.54, 1.807) is 6.20 Å². The summed E-state index contributed by atoms with van der Waals surface area (Å²) in [4.78, 5) is 19.8. The Hall–Kier alpha value is -6.52. The Labute approximate surface area is 303 Å². The monoisotopic (exact) mass is 666 g/mol. The van der Waals surface area contributed by atoms with Crippen molar-refractivity contribution in [3.05, 3.63) is 203 Å². The fraction of sp³-hybridized carbons (Fsp3) is 0.0833. The largest absolute Gasteiger partial charge is 0.253 e. The van der Waals surface area contributed by atoms with Gasteiger partial charge in [0.25, 0.3) is 0 Å². The molecule has 10 rings (SSSR count). The summed E-state index contributed by atoms with van der Waals surface area (Å²) in [6, 6.07) is 58.6. The highest BCUT2D eigenvalue weighted by atomic mass is 15.0. The van der Waals surface area contributed by atoms with Gasteiger partial charge in [-0.1, -0.05) is 146 Å². The Kier molecular flexibility index (Phi) is 7.21. The van der Waals surface area contributed by atoms with Gasteiger partial charge in [0.2, 0.25) is 0 Å². The molecule has 6 aromatic carbocycles. The van der Waals surface area contributed by atoms with Gasteiger partial charge in [0.15, 0.2) is 17.5 Å². The molecule has 0 saturated heterocycles. The van der Waals surface area contributed by atoms with Crippen LogP contribution in [0.1, 0.15) is 39.8 Å². The maximum atomic E-state index is 5.12. The van der Waals surface area contributed by atoms with E-state index in [2.05, 4.69) is 120 Å². The van der Waals surface area contributed by atoms with Crippen molar-refractivity contribution in [2.24, 2.45) is 0 Å². The molecule has 0 aliphatic heterocycles. The minimum absolute atomic E-state index is 0.551. The zero-order valence-electron chi connectivity index (χ0n) is 28.6. The van der Waals surface area contributed by atoms with Gasteiger partial charge in [0.05, 0.1) is 5.41 Å². The van der Waals surface area contributed by atoms with Gasteiger partial charge in [0.1, 0.15) is 5.69 Å². The molecule has 4 heteroatoms. The molecule has 2 aromatic heterocycles. The molecular formula is C48H34N4. The van der Waals surface area contributed by atoms with Crippen molar-refractivity contribution < 1.29 is 0 Å². The lowest BCUT2D eigenvalue weighted by Gasteiger charge is -2.36. The fourth-order valence-electron chi connectivity index (χ4n) is 8.61. The third kappa shape index (κ3) is 4.75. The van der Waals surface area contributed by atoms with Gasteiger partial charge in [-0.05, 0) is 93.1 Å². The first-order chi connectivity index (χ1) is 25.8. The zero-order valence-corrected chi connectivity index (χ0v) is 28.6. The number of aryl methyl sites for hydroxylation is 1.